The largest absolute Gasteiger partial charge is 0.493 e. The van der Waals surface area contributed by atoms with E-state index in [1.54, 1.807) is 0 Å². The van der Waals surface area contributed by atoms with Gasteiger partial charge in [0.15, 0.2) is 18.5 Å². The van der Waals surface area contributed by atoms with Crippen LogP contribution < -0.4 is 15.5 Å². The van der Waals surface area contributed by atoms with Gasteiger partial charge >= 0.3 is 12.1 Å². The maximum atomic E-state index is 11.5. The minimum atomic E-state index is -4.41. The molecule has 26 heavy (non-hydrogen) atoms. The molecule has 0 saturated heterocycles. The fourth-order valence-corrected chi connectivity index (χ4v) is 1.19. The van der Waals surface area contributed by atoms with Gasteiger partial charge in [-0.15, -0.1) is 0 Å². The van der Waals surface area contributed by atoms with E-state index in [-0.39, 0.29) is 24.4 Å². The van der Waals surface area contributed by atoms with E-state index in [1.165, 1.54) is 30.1 Å². The molecule has 2 amide bonds. The molecule has 0 aliphatic carbocycles. The number of halogens is 3. The minimum absolute atomic E-state index is 0.0465. The number of methoxy groups -OCH3 is 1. The normalized spacial score (nSPS) is 10.0. The van der Waals surface area contributed by atoms with Crippen LogP contribution in [0.2, 0.25) is 0 Å². The van der Waals surface area contributed by atoms with Crippen molar-refractivity contribution in [2.45, 2.75) is 26.1 Å². The van der Waals surface area contributed by atoms with Crippen LogP contribution >= 0.6 is 0 Å². The summed E-state index contributed by atoms with van der Waals surface area (Å²) in [5.74, 6) is -2.97. The van der Waals surface area contributed by atoms with Gasteiger partial charge in [-0.05, 0) is 5.10 Å². The molecule has 12 heteroatoms. The molecule has 0 aliphatic rings. The summed E-state index contributed by atoms with van der Waals surface area (Å²) in [6.45, 7) is 4.09. The van der Waals surface area contributed by atoms with E-state index in [4.69, 9.17) is 5.11 Å². The molecule has 1 rings (SSSR count). The molecular weight excluding hydrogens is 361 g/mol. The van der Waals surface area contributed by atoms with E-state index in [2.05, 4.69) is 27.3 Å². The summed E-state index contributed by atoms with van der Waals surface area (Å²) in [4.78, 5) is 32.4. The lowest BCUT2D eigenvalue weighted by Gasteiger charge is -2.06. The summed E-state index contributed by atoms with van der Waals surface area (Å²) in [6.07, 6.45) is -1.67. The van der Waals surface area contributed by atoms with E-state index in [0.29, 0.717) is 0 Å². The van der Waals surface area contributed by atoms with Crippen molar-refractivity contribution in [2.75, 3.05) is 7.11 Å². The first kappa shape index (κ1) is 22.8. The first-order chi connectivity index (χ1) is 12.0. The highest BCUT2D eigenvalue weighted by Crippen LogP contribution is 2.23. The average molecular weight is 379 g/mol. The van der Waals surface area contributed by atoms with Crippen molar-refractivity contribution in [1.29, 1.82) is 0 Å². The number of nitrogens with zero attached hydrogens (tertiary/aromatic N) is 2. The fourth-order valence-electron chi connectivity index (χ4n) is 1.19. The number of hydrazine groups is 1. The van der Waals surface area contributed by atoms with Crippen molar-refractivity contribution in [1.82, 2.24) is 16.0 Å². The zero-order chi connectivity index (χ0) is 20.3. The Morgan fingerprint density at radius 3 is 2.31 bits per heavy atom. The van der Waals surface area contributed by atoms with Gasteiger partial charge in [0.05, 0.1) is 12.7 Å². The lowest BCUT2D eigenvalue weighted by atomic mass is 10.3. The highest BCUT2D eigenvalue weighted by atomic mass is 19.4. The van der Waals surface area contributed by atoms with Crippen molar-refractivity contribution in [3.8, 4) is 0 Å². The number of carboxylic acid groups (broad SMARTS) is 1. The number of nitrogens with one attached hydrogen (secondary N) is 2. The van der Waals surface area contributed by atoms with Crippen molar-refractivity contribution in [2.24, 2.45) is 0 Å². The Morgan fingerprint density at radius 2 is 1.96 bits per heavy atom. The van der Waals surface area contributed by atoms with Crippen molar-refractivity contribution in [3.05, 3.63) is 36.4 Å². The Kier molecular flexibility index (Phi) is 9.34. The predicted octanol–water partition coefficient (Wildman–Crippen LogP) is 0.333. The number of hydrogen-bond acceptors (Lipinski definition) is 5. The van der Waals surface area contributed by atoms with Gasteiger partial charge in [0, 0.05) is 13.0 Å². The number of carbonyl (C=O) groups excluding carboxylic acids is 2. The van der Waals surface area contributed by atoms with Crippen LogP contribution in [0.25, 0.3) is 0 Å². The highest BCUT2D eigenvalue weighted by molar-refractivity contribution is 5.94. The van der Waals surface area contributed by atoms with Crippen LogP contribution in [0.5, 0.6) is 0 Å². The molecule has 9 nitrogen and oxygen atoms in total. The maximum absolute atomic E-state index is 11.5. The van der Waals surface area contributed by atoms with Gasteiger partial charge < -0.3 is 9.84 Å². The second-order valence-electron chi connectivity index (χ2n) is 4.58. The van der Waals surface area contributed by atoms with Crippen molar-refractivity contribution in [3.63, 3.8) is 0 Å². The highest BCUT2D eigenvalue weighted by Gasteiger charge is 2.33. The molecule has 1 heterocycles. The van der Waals surface area contributed by atoms with Crippen LogP contribution in [-0.2, 0) is 20.9 Å². The Hall–Kier alpha value is -3.18. The van der Waals surface area contributed by atoms with Crippen LogP contribution in [0, 0.1) is 0 Å². The van der Waals surface area contributed by atoms with Gasteiger partial charge in [-0.25, -0.2) is 0 Å². The SMILES string of the molecule is C=C(OC)C(F)(F)F.CC(=O)NNC(=O)c1cc[n+](CCC(=O)O)nc1. The number of alkyl halides is 3. The number of ether oxygens (including phenoxy) is 1. The Labute approximate surface area is 146 Å². The Balaban J connectivity index is 0.000000660. The summed E-state index contributed by atoms with van der Waals surface area (Å²) in [7, 11) is 0.926. The fraction of sp³-hybridized carbons (Fsp3) is 0.357. The van der Waals surface area contributed by atoms with E-state index in [9.17, 15) is 27.6 Å². The van der Waals surface area contributed by atoms with Crippen LogP contribution in [0.1, 0.15) is 23.7 Å². The average Bonchev–Trinajstić information content (AvgIpc) is 2.57. The maximum Gasteiger partial charge on any atom is 0.448 e. The van der Waals surface area contributed by atoms with Crippen LogP contribution in [0.3, 0.4) is 0 Å². The smallest absolute Gasteiger partial charge is 0.448 e. The molecule has 0 fully saturated rings. The Morgan fingerprint density at radius 1 is 1.35 bits per heavy atom. The summed E-state index contributed by atoms with van der Waals surface area (Å²) in [5, 5.41) is 12.4. The number of carboxylic acids is 1. The van der Waals surface area contributed by atoms with Crippen LogP contribution in [0.4, 0.5) is 13.2 Å². The lowest BCUT2D eigenvalue weighted by Crippen LogP contribution is -2.42. The first-order valence-corrected chi connectivity index (χ1v) is 6.92. The van der Waals surface area contributed by atoms with Gasteiger partial charge in [0.2, 0.25) is 5.91 Å². The van der Waals surface area contributed by atoms with Gasteiger partial charge in [-0.2, -0.15) is 13.2 Å². The monoisotopic (exact) mass is 379 g/mol. The molecule has 0 aliphatic heterocycles. The van der Waals surface area contributed by atoms with Crippen LogP contribution in [-0.4, -0.2) is 41.3 Å². The first-order valence-electron chi connectivity index (χ1n) is 6.92. The standard InChI is InChI=1S/C10H12N4O4.C4H5F3O/c1-7(15)12-13-10(18)8-2-4-14(11-6-8)5-3-9(16)17;1-3(8-2)4(5,6)7/h2,4,6H,3,5H2,1H3,(H2,11,16,17,18);1H2,2H3/p+1. The number of rotatable bonds is 5. The summed E-state index contributed by atoms with van der Waals surface area (Å²) in [6, 6.07) is 1.48. The molecule has 1 aromatic rings. The molecule has 0 unspecified atom stereocenters. The molecular formula is C14H18F3N4O5+. The van der Waals surface area contributed by atoms with E-state index >= 15 is 0 Å². The van der Waals surface area contributed by atoms with Gasteiger partial charge in [-0.1, -0.05) is 11.3 Å². The number of allylic oxidation sites excluding steroid dienone is 1. The third kappa shape index (κ3) is 9.85. The zero-order valence-electron chi connectivity index (χ0n) is 14.0. The third-order valence-electron chi connectivity index (χ3n) is 2.50. The topological polar surface area (TPSA) is 122 Å². The molecule has 0 radical (unpaired) electrons. The molecule has 144 valence electrons. The summed E-state index contributed by atoms with van der Waals surface area (Å²) < 4.78 is 38.9. The lowest BCUT2D eigenvalue weighted by molar-refractivity contribution is -0.753. The number of aliphatic carboxylic acids is 1. The molecule has 0 saturated carbocycles. The van der Waals surface area contributed by atoms with E-state index in [1.807, 2.05) is 0 Å². The second-order valence-corrected chi connectivity index (χ2v) is 4.58. The molecule has 0 atom stereocenters. The van der Waals surface area contributed by atoms with E-state index in [0.717, 1.165) is 7.11 Å². The van der Waals surface area contributed by atoms with E-state index < -0.39 is 23.8 Å². The van der Waals surface area contributed by atoms with Gasteiger partial charge in [0.1, 0.15) is 12.6 Å². The molecule has 0 aromatic carbocycles. The minimum Gasteiger partial charge on any atom is -0.493 e. The molecule has 0 spiro atoms. The number of amides is 2. The molecule has 0 bridgehead atoms. The van der Waals surface area contributed by atoms with Crippen LogP contribution in [0.15, 0.2) is 30.8 Å². The predicted molar refractivity (Wildman–Crippen MR) is 80.2 cm³/mol. The van der Waals surface area contributed by atoms with Crippen molar-refractivity contribution < 1.29 is 42.1 Å². The number of aryl methyl sites for hydroxylation is 1. The van der Waals surface area contributed by atoms with Gasteiger partial charge in [-0.3, -0.25) is 25.2 Å². The molecule has 1 aromatic heterocycles. The summed E-state index contributed by atoms with van der Waals surface area (Å²) in [5.41, 5.74) is 4.59. The second kappa shape index (κ2) is 10.6. The zero-order valence-corrected chi connectivity index (χ0v) is 14.0. The van der Waals surface area contributed by atoms with Gasteiger partial charge in [0.25, 0.3) is 5.91 Å². The number of carbonyl (C=O) groups is 3. The number of aromatic nitrogens is 2. The summed E-state index contributed by atoms with van der Waals surface area (Å²) >= 11 is 0. The quantitative estimate of drug-likeness (QED) is 0.385. The molecule has 3 N–H and O–H groups in total. The number of hydrogen-bond donors (Lipinski definition) is 3. The third-order valence-corrected chi connectivity index (χ3v) is 2.50. The Bertz CT molecular complexity index is 647. The van der Waals surface area contributed by atoms with Crippen molar-refractivity contribution >= 4 is 17.8 Å².